The first kappa shape index (κ1) is 21.1. The highest BCUT2D eigenvalue weighted by atomic mass is 19.3. The molecule has 2 aromatic heterocycles. The molecule has 0 aliphatic carbocycles. The van der Waals surface area contributed by atoms with Crippen LogP contribution in [-0.2, 0) is 12.6 Å². The molecule has 1 saturated heterocycles. The van der Waals surface area contributed by atoms with Gasteiger partial charge < -0.3 is 15.2 Å². The minimum atomic E-state index is -2.94. The van der Waals surface area contributed by atoms with Crippen molar-refractivity contribution in [2.75, 3.05) is 18.4 Å². The number of aryl methyl sites for hydroxylation is 1. The molecule has 1 atom stereocenters. The predicted octanol–water partition coefficient (Wildman–Crippen LogP) is 2.66. The molecular formula is C21H22F3N5O2. The molecule has 4 rings (SSSR count). The van der Waals surface area contributed by atoms with Crippen molar-refractivity contribution in [1.82, 2.24) is 19.7 Å². The minimum Gasteiger partial charge on any atom is -0.361 e. The Morgan fingerprint density at radius 1 is 1.19 bits per heavy atom. The van der Waals surface area contributed by atoms with E-state index in [2.05, 4.69) is 15.7 Å². The highest BCUT2D eigenvalue weighted by molar-refractivity contribution is 5.90. The van der Waals surface area contributed by atoms with Gasteiger partial charge in [-0.2, -0.15) is 5.10 Å². The zero-order chi connectivity index (χ0) is 22.5. The highest BCUT2D eigenvalue weighted by Gasteiger charge is 2.34. The third kappa shape index (κ3) is 3.50. The van der Waals surface area contributed by atoms with Crippen LogP contribution in [-0.4, -0.2) is 27.4 Å². The molecule has 1 aliphatic rings. The maximum Gasteiger partial charge on any atom is 0.274 e. The van der Waals surface area contributed by atoms with Crippen LogP contribution in [0, 0.1) is 5.82 Å². The van der Waals surface area contributed by atoms with Crippen LogP contribution in [0.4, 0.5) is 19.0 Å². The van der Waals surface area contributed by atoms with Gasteiger partial charge in [0, 0.05) is 43.4 Å². The van der Waals surface area contributed by atoms with E-state index in [1.165, 1.54) is 25.2 Å². The lowest BCUT2D eigenvalue weighted by atomic mass is 9.94. The van der Waals surface area contributed by atoms with Gasteiger partial charge in [0.15, 0.2) is 5.82 Å². The molecular weight excluding hydrogens is 411 g/mol. The molecule has 7 nitrogen and oxygen atoms in total. The molecule has 10 heteroatoms. The summed E-state index contributed by atoms with van der Waals surface area (Å²) in [4.78, 5) is 25.2. The first-order valence-corrected chi connectivity index (χ1v) is 9.80. The van der Waals surface area contributed by atoms with Crippen molar-refractivity contribution in [1.29, 1.82) is 0 Å². The lowest BCUT2D eigenvalue weighted by molar-refractivity contribution is 0.146. The quantitative estimate of drug-likeness (QED) is 0.647. The van der Waals surface area contributed by atoms with Crippen LogP contribution >= 0.6 is 0 Å². The van der Waals surface area contributed by atoms with Gasteiger partial charge in [-0.15, -0.1) is 0 Å². The van der Waals surface area contributed by atoms with E-state index in [4.69, 9.17) is 0 Å². The Kier molecular flexibility index (Phi) is 5.12. The van der Waals surface area contributed by atoms with Gasteiger partial charge in [-0.25, -0.2) is 17.9 Å². The first-order valence-electron chi connectivity index (χ1n) is 9.80. The number of hydrogen-bond donors (Lipinski definition) is 2. The largest absolute Gasteiger partial charge is 0.361 e. The third-order valence-electron chi connectivity index (χ3n) is 5.79. The molecule has 0 amide bonds. The Labute approximate surface area is 175 Å². The monoisotopic (exact) mass is 433 g/mol. The number of pyridine rings is 1. The summed E-state index contributed by atoms with van der Waals surface area (Å²) in [6.45, 7) is 4.73. The average molecular weight is 433 g/mol. The van der Waals surface area contributed by atoms with Gasteiger partial charge in [0.25, 0.3) is 17.5 Å². The van der Waals surface area contributed by atoms with Gasteiger partial charge in [0.05, 0.1) is 22.5 Å². The molecule has 1 aliphatic heterocycles. The Bertz CT molecular complexity index is 1280. The third-order valence-corrected chi connectivity index (χ3v) is 5.79. The molecule has 31 heavy (non-hydrogen) atoms. The van der Waals surface area contributed by atoms with E-state index in [9.17, 15) is 22.8 Å². The molecule has 1 fully saturated rings. The van der Waals surface area contributed by atoms with E-state index in [0.717, 1.165) is 10.7 Å². The number of fused-ring (bicyclic) bond motifs is 1. The Hall–Kier alpha value is -3.14. The van der Waals surface area contributed by atoms with E-state index >= 15 is 0 Å². The molecule has 2 N–H and O–H groups in total. The molecule has 0 spiro atoms. The maximum absolute atomic E-state index is 14.6. The van der Waals surface area contributed by atoms with E-state index in [-0.39, 0.29) is 22.3 Å². The van der Waals surface area contributed by atoms with Crippen molar-refractivity contribution >= 4 is 16.6 Å². The Morgan fingerprint density at radius 2 is 1.87 bits per heavy atom. The number of nitrogens with one attached hydrogen (secondary N) is 2. The average Bonchev–Trinajstić information content (AvgIpc) is 2.69. The van der Waals surface area contributed by atoms with Crippen LogP contribution in [0.5, 0.6) is 0 Å². The smallest absolute Gasteiger partial charge is 0.274 e. The Morgan fingerprint density at radius 3 is 2.48 bits per heavy atom. The van der Waals surface area contributed by atoms with Gasteiger partial charge in [0.1, 0.15) is 5.82 Å². The maximum atomic E-state index is 14.6. The van der Waals surface area contributed by atoms with E-state index < -0.39 is 34.9 Å². The van der Waals surface area contributed by atoms with Gasteiger partial charge in [-0.1, -0.05) is 18.2 Å². The number of hydrogen-bond acceptors (Lipinski definition) is 5. The second kappa shape index (κ2) is 7.52. The second-order valence-electron chi connectivity index (χ2n) is 8.10. The lowest BCUT2D eigenvalue weighted by Crippen LogP contribution is -2.61. The lowest BCUT2D eigenvalue weighted by Gasteiger charge is -2.41. The zero-order valence-electron chi connectivity index (χ0n) is 17.2. The zero-order valence-corrected chi connectivity index (χ0v) is 17.2. The fraction of sp³-hybridized carbons (Fsp3) is 0.381. The normalized spacial score (nSPS) is 16.4. The molecule has 0 saturated carbocycles. The summed E-state index contributed by atoms with van der Waals surface area (Å²) in [6.07, 6.45) is -1.36. The fourth-order valence-corrected chi connectivity index (χ4v) is 3.86. The first-order chi connectivity index (χ1) is 14.6. The van der Waals surface area contributed by atoms with E-state index in [1.54, 1.807) is 17.7 Å². The number of rotatable bonds is 5. The predicted molar refractivity (Wildman–Crippen MR) is 111 cm³/mol. The summed E-state index contributed by atoms with van der Waals surface area (Å²) >= 11 is 0. The van der Waals surface area contributed by atoms with Crippen LogP contribution < -0.4 is 21.8 Å². The molecule has 3 aromatic rings. The van der Waals surface area contributed by atoms with Crippen LogP contribution in [0.1, 0.15) is 37.4 Å². The van der Waals surface area contributed by atoms with Crippen molar-refractivity contribution in [3.63, 3.8) is 0 Å². The number of nitrogens with zero attached hydrogens (tertiary/aromatic N) is 3. The standard InChI is InChI=1S/C21H22F3N5O2/c1-11(12-5-4-6-13(17(12)22)18(23)24)26-19-15-8-29(21(2)9-25-10-21)16(30)7-14(15)20(31)28(3)27-19/h4-8,11,18,25H,9-10H2,1-3H3,(H,26,27)/t11-/m1/s1. The van der Waals surface area contributed by atoms with Gasteiger partial charge in [-0.3, -0.25) is 9.59 Å². The summed E-state index contributed by atoms with van der Waals surface area (Å²) in [5.41, 5.74) is -1.82. The second-order valence-corrected chi connectivity index (χ2v) is 8.10. The van der Waals surface area contributed by atoms with Crippen molar-refractivity contribution in [3.05, 3.63) is 68.1 Å². The number of halogens is 3. The van der Waals surface area contributed by atoms with Crippen molar-refractivity contribution in [2.24, 2.45) is 7.05 Å². The van der Waals surface area contributed by atoms with Crippen LogP contribution in [0.3, 0.4) is 0 Å². The fourth-order valence-electron chi connectivity index (χ4n) is 3.86. The molecule has 0 radical (unpaired) electrons. The Balaban J connectivity index is 1.83. The highest BCUT2D eigenvalue weighted by Crippen LogP contribution is 2.30. The van der Waals surface area contributed by atoms with Gasteiger partial charge >= 0.3 is 0 Å². The van der Waals surface area contributed by atoms with Gasteiger partial charge in [0.2, 0.25) is 0 Å². The summed E-state index contributed by atoms with van der Waals surface area (Å²) in [5, 5.41) is 11.0. The summed E-state index contributed by atoms with van der Waals surface area (Å²) in [5.74, 6) is -0.743. The summed E-state index contributed by atoms with van der Waals surface area (Å²) in [6, 6.07) is 4.37. The minimum absolute atomic E-state index is 0.0464. The SMILES string of the molecule is C[C@@H](Nc1nn(C)c(=O)c2cc(=O)n(C3(C)CNC3)cc12)c1cccc(C(F)F)c1F. The van der Waals surface area contributed by atoms with Crippen molar-refractivity contribution in [3.8, 4) is 0 Å². The van der Waals surface area contributed by atoms with Crippen molar-refractivity contribution < 1.29 is 13.2 Å². The topological polar surface area (TPSA) is 81.0 Å². The molecule has 3 heterocycles. The molecule has 1 aromatic carbocycles. The van der Waals surface area contributed by atoms with Gasteiger partial charge in [-0.05, 0) is 13.8 Å². The molecule has 0 unspecified atom stereocenters. The summed E-state index contributed by atoms with van der Waals surface area (Å²) in [7, 11) is 1.44. The number of alkyl halides is 2. The summed E-state index contributed by atoms with van der Waals surface area (Å²) < 4.78 is 43.4. The van der Waals surface area contributed by atoms with Crippen molar-refractivity contribution in [2.45, 2.75) is 31.9 Å². The van der Waals surface area contributed by atoms with Crippen LogP contribution in [0.2, 0.25) is 0 Å². The van der Waals surface area contributed by atoms with Crippen LogP contribution in [0.25, 0.3) is 10.8 Å². The molecule has 164 valence electrons. The number of anilines is 1. The van der Waals surface area contributed by atoms with E-state index in [0.29, 0.717) is 18.5 Å². The molecule has 0 bridgehead atoms. The number of benzene rings is 1. The van der Waals surface area contributed by atoms with E-state index in [1.807, 2.05) is 6.92 Å². The number of aromatic nitrogens is 3. The van der Waals surface area contributed by atoms with Crippen LogP contribution in [0.15, 0.2) is 40.1 Å².